The fourth-order valence-corrected chi connectivity index (χ4v) is 7.29. The molecule has 1 unspecified atom stereocenters. The SMILES string of the molecule is COC(=O)CCCCCCN1C(=O)CC[C@@H]1/C=C/C(=O)c1cccc(Br)c1.COC(=O)CCCCCCN1C(=O)CC[C@@H]1/C=C/C(O)c1cccc(Br)c1.[B].[H-].[Na+]. The number of amides is 2. The molecule has 2 heterocycles. The number of likely N-dealkylation sites (tertiary alicyclic amines) is 2. The molecule has 2 aromatic rings. The molecule has 10 nitrogen and oxygen atoms in total. The van der Waals surface area contributed by atoms with Gasteiger partial charge in [0.1, 0.15) is 0 Å². The molecule has 0 bridgehead atoms. The summed E-state index contributed by atoms with van der Waals surface area (Å²) in [5.41, 5.74) is 1.45. The third-order valence-corrected chi connectivity index (χ3v) is 10.5. The molecule has 56 heavy (non-hydrogen) atoms. The average Bonchev–Trinajstić information content (AvgIpc) is 3.71. The maximum Gasteiger partial charge on any atom is 1.00 e. The summed E-state index contributed by atoms with van der Waals surface area (Å²) in [5.74, 6) is -0.0763. The number of carbonyl (C=O) groups excluding carboxylic acids is 5. The fraction of sp³-hybridized carbons (Fsp3) is 0.500. The van der Waals surface area contributed by atoms with Gasteiger partial charge >= 0.3 is 41.5 Å². The first kappa shape index (κ1) is 51.5. The van der Waals surface area contributed by atoms with E-state index in [9.17, 15) is 29.1 Å². The topological polar surface area (TPSA) is 131 Å². The zero-order valence-corrected chi connectivity index (χ0v) is 38.2. The zero-order valence-electron chi connectivity index (χ0n) is 34.0. The van der Waals surface area contributed by atoms with Crippen LogP contribution in [0.2, 0.25) is 0 Å². The van der Waals surface area contributed by atoms with E-state index in [0.717, 1.165) is 85.3 Å². The Morgan fingerprint density at radius 1 is 0.768 bits per heavy atom. The van der Waals surface area contributed by atoms with Crippen molar-refractivity contribution in [2.45, 2.75) is 108 Å². The normalized spacial score (nSPS) is 16.9. The fourth-order valence-electron chi connectivity index (χ4n) is 6.48. The molecule has 3 radical (unpaired) electrons. The second-order valence-corrected chi connectivity index (χ2v) is 15.3. The molecule has 1 N–H and O–H groups in total. The number of allylic oxidation sites excluding steroid dienone is 1. The van der Waals surface area contributed by atoms with E-state index in [1.807, 2.05) is 58.4 Å². The molecule has 2 amide bonds. The summed E-state index contributed by atoms with van der Waals surface area (Å²) in [6.07, 6.45) is 17.3. The van der Waals surface area contributed by atoms with E-state index in [0.29, 0.717) is 37.8 Å². The van der Waals surface area contributed by atoms with Crippen molar-refractivity contribution in [1.82, 2.24) is 9.80 Å². The van der Waals surface area contributed by atoms with Crippen molar-refractivity contribution in [2.75, 3.05) is 27.3 Å². The van der Waals surface area contributed by atoms with Gasteiger partial charge in [-0.15, -0.1) is 0 Å². The van der Waals surface area contributed by atoms with Gasteiger partial charge in [0.25, 0.3) is 0 Å². The summed E-state index contributed by atoms with van der Waals surface area (Å²) in [6.45, 7) is 1.41. The summed E-state index contributed by atoms with van der Waals surface area (Å²) in [4.78, 5) is 62.5. The molecule has 2 saturated heterocycles. The first-order valence-corrected chi connectivity index (χ1v) is 20.4. The van der Waals surface area contributed by atoms with Crippen molar-refractivity contribution in [2.24, 2.45) is 0 Å². The molecular weight excluding hydrogens is 854 g/mol. The Bertz CT molecular complexity index is 1620. The molecule has 0 aliphatic carbocycles. The number of ether oxygens (including phenoxy) is 2. The van der Waals surface area contributed by atoms with Crippen LogP contribution in [-0.2, 0) is 28.7 Å². The van der Waals surface area contributed by atoms with Crippen molar-refractivity contribution in [1.29, 1.82) is 0 Å². The number of benzene rings is 2. The predicted molar refractivity (Wildman–Crippen MR) is 222 cm³/mol. The van der Waals surface area contributed by atoms with E-state index in [1.165, 1.54) is 14.2 Å². The second kappa shape index (κ2) is 28.8. The van der Waals surface area contributed by atoms with Crippen LogP contribution in [0.15, 0.2) is 81.8 Å². The van der Waals surface area contributed by atoms with Gasteiger partial charge in [-0.3, -0.25) is 24.0 Å². The van der Waals surface area contributed by atoms with Crippen molar-refractivity contribution in [3.63, 3.8) is 0 Å². The van der Waals surface area contributed by atoms with Gasteiger partial charge in [-0.1, -0.05) is 100 Å². The number of aliphatic hydroxyl groups excluding tert-OH is 1. The third-order valence-electron chi connectivity index (χ3n) is 9.55. The van der Waals surface area contributed by atoms with E-state index >= 15 is 0 Å². The Kier molecular flexibility index (Phi) is 26.5. The van der Waals surface area contributed by atoms with Crippen molar-refractivity contribution >= 4 is 69.8 Å². The van der Waals surface area contributed by atoms with E-state index in [4.69, 9.17) is 0 Å². The summed E-state index contributed by atoms with van der Waals surface area (Å²) in [7, 11) is 2.80. The molecular formula is C42H55BBr2N2NaO8. The number of methoxy groups -OCH3 is 2. The number of hydrogen-bond donors (Lipinski definition) is 1. The van der Waals surface area contributed by atoms with Gasteiger partial charge in [0.15, 0.2) is 5.78 Å². The van der Waals surface area contributed by atoms with Crippen LogP contribution in [-0.4, -0.2) is 92.2 Å². The molecule has 2 fully saturated rings. The van der Waals surface area contributed by atoms with Crippen LogP contribution in [0.1, 0.15) is 113 Å². The third kappa shape index (κ3) is 18.8. The smallest absolute Gasteiger partial charge is 1.00 e. The minimum atomic E-state index is -0.682. The van der Waals surface area contributed by atoms with Crippen LogP contribution in [0.4, 0.5) is 0 Å². The van der Waals surface area contributed by atoms with E-state index in [-0.39, 0.29) is 81.0 Å². The molecule has 14 heteroatoms. The minimum absolute atomic E-state index is 0. The summed E-state index contributed by atoms with van der Waals surface area (Å²) < 4.78 is 11.0. The maximum atomic E-state index is 12.3. The molecule has 3 atom stereocenters. The Hall–Kier alpha value is -2.55. The van der Waals surface area contributed by atoms with Gasteiger partial charge < -0.3 is 25.8 Å². The summed E-state index contributed by atoms with van der Waals surface area (Å²) in [6, 6.07) is 14.9. The number of rotatable bonds is 20. The van der Waals surface area contributed by atoms with Crippen LogP contribution in [0.5, 0.6) is 0 Å². The number of carbonyl (C=O) groups is 5. The van der Waals surface area contributed by atoms with Gasteiger partial charge in [-0.2, -0.15) is 0 Å². The largest absolute Gasteiger partial charge is 1.00 e. The van der Waals surface area contributed by atoms with Crippen LogP contribution >= 0.6 is 31.9 Å². The number of nitrogens with zero attached hydrogens (tertiary/aromatic N) is 2. The van der Waals surface area contributed by atoms with Crippen molar-refractivity contribution < 1.29 is 69.5 Å². The number of aliphatic hydroxyl groups is 1. The van der Waals surface area contributed by atoms with Crippen LogP contribution in [0.25, 0.3) is 0 Å². The Labute approximate surface area is 374 Å². The molecule has 2 aliphatic heterocycles. The van der Waals surface area contributed by atoms with Gasteiger partial charge in [0.2, 0.25) is 11.8 Å². The molecule has 0 saturated carbocycles. The summed E-state index contributed by atoms with van der Waals surface area (Å²) in [5, 5.41) is 10.3. The first-order chi connectivity index (χ1) is 26.0. The minimum Gasteiger partial charge on any atom is -1.00 e. The quantitative estimate of drug-likeness (QED) is 0.0481. The number of esters is 2. The van der Waals surface area contributed by atoms with Gasteiger partial charge in [-0.25, -0.2) is 0 Å². The molecule has 299 valence electrons. The molecule has 0 aromatic heterocycles. The number of halogens is 2. The molecule has 2 aromatic carbocycles. The first-order valence-electron chi connectivity index (χ1n) is 18.8. The van der Waals surface area contributed by atoms with Gasteiger partial charge in [0.05, 0.1) is 32.4 Å². The standard InChI is InChI=1S/C21H28BrNO4.C21H26BrNO4.B.Na.H/c2*1-27-21(26)9-4-2-3-5-14-23-18(11-13-20(23)25)10-12-19(24)16-7-6-8-17(22)15-16;;;/h6-8,10,12,15,18-19,24H,2-5,9,11,13-14H2,1H3;6-8,10,12,15,18H,2-5,9,11,13-14H2,1H3;;;/q;;;+1;-1/b2*12-10+;;;/t18-,19?;18-;;;/m00.../s1. The molecule has 2 aliphatic rings. The maximum absolute atomic E-state index is 12.3. The van der Waals surface area contributed by atoms with Crippen molar-refractivity contribution in [3.05, 3.63) is 92.9 Å². The zero-order chi connectivity index (χ0) is 39.3. The summed E-state index contributed by atoms with van der Waals surface area (Å²) >= 11 is 6.78. The van der Waals surface area contributed by atoms with E-state index in [2.05, 4.69) is 41.3 Å². The number of unbranched alkanes of at least 4 members (excludes halogenated alkanes) is 6. The Morgan fingerprint density at radius 2 is 1.25 bits per heavy atom. The van der Waals surface area contributed by atoms with Crippen molar-refractivity contribution in [3.8, 4) is 0 Å². The van der Waals surface area contributed by atoms with Crippen LogP contribution in [0.3, 0.4) is 0 Å². The number of hydrogen-bond acceptors (Lipinski definition) is 8. The molecule has 0 spiro atoms. The molecule has 4 rings (SSSR count). The second-order valence-electron chi connectivity index (χ2n) is 13.5. The average molecular weight is 910 g/mol. The monoisotopic (exact) mass is 907 g/mol. The predicted octanol–water partition coefficient (Wildman–Crippen LogP) is 5.19. The van der Waals surface area contributed by atoms with Crippen LogP contribution < -0.4 is 29.6 Å². The number of ketones is 1. The Morgan fingerprint density at radius 3 is 1.75 bits per heavy atom. The van der Waals surface area contributed by atoms with Gasteiger partial charge in [-0.05, 0) is 74.4 Å². The van der Waals surface area contributed by atoms with Crippen LogP contribution in [0, 0.1) is 0 Å². The van der Waals surface area contributed by atoms with Gasteiger partial charge in [0, 0.05) is 61.7 Å². The van der Waals surface area contributed by atoms with E-state index < -0.39 is 6.10 Å². The van der Waals surface area contributed by atoms with E-state index in [1.54, 1.807) is 24.3 Å². The Balaban J connectivity index is 0.00000105.